The minimum Gasteiger partial charge on any atom is -0.365 e. The number of nitrogens with zero attached hydrogens (tertiary/aromatic N) is 3. The van der Waals surface area contributed by atoms with Crippen molar-refractivity contribution < 1.29 is 13.2 Å². The Kier molecular flexibility index (Phi) is 4.60. The molecular formula is C15H20N4O3S2. The number of primary amides is 1. The van der Waals surface area contributed by atoms with Crippen LogP contribution in [0.2, 0.25) is 0 Å². The number of hydrogen-bond donors (Lipinski definition) is 1. The van der Waals surface area contributed by atoms with Crippen molar-refractivity contribution in [2.75, 3.05) is 27.2 Å². The van der Waals surface area contributed by atoms with Gasteiger partial charge in [-0.2, -0.15) is 17.0 Å². The van der Waals surface area contributed by atoms with Gasteiger partial charge >= 0.3 is 0 Å². The molecule has 3 heterocycles. The van der Waals surface area contributed by atoms with Crippen LogP contribution in [-0.4, -0.2) is 55.1 Å². The lowest BCUT2D eigenvalue weighted by molar-refractivity contribution is 0.100. The lowest BCUT2D eigenvalue weighted by atomic mass is 9.88. The van der Waals surface area contributed by atoms with Crippen LogP contribution in [0.4, 0.5) is 0 Å². The quantitative estimate of drug-likeness (QED) is 0.882. The smallest absolute Gasteiger partial charge is 0.281 e. The summed E-state index contributed by atoms with van der Waals surface area (Å²) < 4.78 is 27.2. The van der Waals surface area contributed by atoms with E-state index < -0.39 is 16.1 Å². The molecule has 0 radical (unpaired) electrons. The highest BCUT2D eigenvalue weighted by atomic mass is 32.2. The molecule has 2 aromatic heterocycles. The number of rotatable bonds is 4. The maximum atomic E-state index is 12.2. The van der Waals surface area contributed by atoms with Gasteiger partial charge in [-0.1, -0.05) is 6.07 Å². The molecule has 1 fully saturated rings. The molecule has 24 heavy (non-hydrogen) atoms. The molecule has 9 heteroatoms. The van der Waals surface area contributed by atoms with E-state index in [4.69, 9.17) is 5.73 Å². The Hall–Kier alpha value is -1.55. The largest absolute Gasteiger partial charge is 0.365 e. The molecule has 0 bridgehead atoms. The van der Waals surface area contributed by atoms with Gasteiger partial charge in [0.15, 0.2) is 0 Å². The molecule has 0 spiro atoms. The lowest BCUT2D eigenvalue weighted by Gasteiger charge is -2.33. The first-order chi connectivity index (χ1) is 11.3. The monoisotopic (exact) mass is 368 g/mol. The van der Waals surface area contributed by atoms with E-state index in [0.29, 0.717) is 30.8 Å². The number of nitrogens with two attached hydrogens (primary N) is 1. The number of hydrogen-bond acceptors (Lipinski definition) is 5. The Balaban J connectivity index is 1.91. The van der Waals surface area contributed by atoms with Crippen molar-refractivity contribution in [1.82, 2.24) is 13.6 Å². The predicted octanol–water partition coefficient (Wildman–Crippen LogP) is 1.38. The van der Waals surface area contributed by atoms with Gasteiger partial charge in [-0.3, -0.25) is 4.79 Å². The molecule has 0 unspecified atom stereocenters. The molecule has 1 saturated heterocycles. The summed E-state index contributed by atoms with van der Waals surface area (Å²) >= 11 is 1.31. The van der Waals surface area contributed by atoms with Gasteiger partial charge in [-0.15, -0.1) is 11.3 Å². The second kappa shape index (κ2) is 6.40. The Morgan fingerprint density at radius 2 is 2.04 bits per heavy atom. The van der Waals surface area contributed by atoms with E-state index in [0.717, 1.165) is 15.8 Å². The fourth-order valence-corrected chi connectivity index (χ4v) is 5.36. The van der Waals surface area contributed by atoms with Crippen LogP contribution in [0.3, 0.4) is 0 Å². The molecule has 7 nitrogen and oxygen atoms in total. The number of carbonyl (C=O) groups is 1. The number of piperidine rings is 1. The zero-order chi connectivity index (χ0) is 17.5. The Morgan fingerprint density at radius 1 is 1.38 bits per heavy atom. The van der Waals surface area contributed by atoms with Crippen molar-refractivity contribution >= 4 is 37.7 Å². The summed E-state index contributed by atoms with van der Waals surface area (Å²) in [5, 5.41) is 0.949. The molecule has 2 aromatic rings. The van der Waals surface area contributed by atoms with E-state index >= 15 is 0 Å². The topological polar surface area (TPSA) is 96.6 Å². The van der Waals surface area contributed by atoms with Crippen LogP contribution in [0.5, 0.6) is 0 Å². The van der Waals surface area contributed by atoms with Crippen molar-refractivity contribution in [3.8, 4) is 0 Å². The van der Waals surface area contributed by atoms with Crippen LogP contribution in [0.1, 0.15) is 34.0 Å². The van der Waals surface area contributed by atoms with Gasteiger partial charge in [0.2, 0.25) is 0 Å². The molecule has 2 N–H and O–H groups in total. The van der Waals surface area contributed by atoms with Crippen molar-refractivity contribution in [1.29, 1.82) is 0 Å². The van der Waals surface area contributed by atoms with Crippen LogP contribution in [0.25, 0.3) is 10.2 Å². The van der Waals surface area contributed by atoms with Crippen LogP contribution < -0.4 is 5.73 Å². The van der Waals surface area contributed by atoms with Gasteiger partial charge in [0.25, 0.3) is 16.1 Å². The molecule has 0 atom stereocenters. The molecule has 130 valence electrons. The van der Waals surface area contributed by atoms with Gasteiger partial charge in [0, 0.05) is 38.8 Å². The van der Waals surface area contributed by atoms with Crippen molar-refractivity contribution in [3.05, 3.63) is 28.8 Å². The average molecular weight is 368 g/mol. The van der Waals surface area contributed by atoms with Crippen LogP contribution in [-0.2, 0) is 10.2 Å². The average Bonchev–Trinajstić information content (AvgIpc) is 2.94. The Morgan fingerprint density at radius 3 is 2.62 bits per heavy atom. The molecule has 0 aromatic carbocycles. The highest BCUT2D eigenvalue weighted by molar-refractivity contribution is 7.86. The summed E-state index contributed by atoms with van der Waals surface area (Å²) in [6.07, 6.45) is 3.02. The predicted molar refractivity (Wildman–Crippen MR) is 94.3 cm³/mol. The fourth-order valence-electron chi connectivity index (χ4n) is 3.15. The van der Waals surface area contributed by atoms with Crippen LogP contribution in [0, 0.1) is 0 Å². The third-order valence-electron chi connectivity index (χ3n) is 4.38. The molecule has 1 amide bonds. The van der Waals surface area contributed by atoms with Gasteiger partial charge in [0.05, 0.1) is 4.88 Å². The summed E-state index contributed by atoms with van der Waals surface area (Å²) in [4.78, 5) is 17.5. The zero-order valence-electron chi connectivity index (χ0n) is 13.6. The number of fused-ring (bicyclic) bond motifs is 1. The number of thiophene rings is 1. The second-order valence-corrected chi connectivity index (χ2v) is 9.17. The summed E-state index contributed by atoms with van der Waals surface area (Å²) in [6, 6.07) is 3.79. The number of aromatic nitrogens is 1. The summed E-state index contributed by atoms with van der Waals surface area (Å²) in [5.41, 5.74) is 6.48. The second-order valence-electron chi connectivity index (χ2n) is 6.03. The van der Waals surface area contributed by atoms with Crippen molar-refractivity contribution in [2.24, 2.45) is 5.73 Å². The zero-order valence-corrected chi connectivity index (χ0v) is 15.2. The van der Waals surface area contributed by atoms with E-state index in [-0.39, 0.29) is 5.92 Å². The van der Waals surface area contributed by atoms with Crippen LogP contribution in [0.15, 0.2) is 18.3 Å². The van der Waals surface area contributed by atoms with E-state index in [1.54, 1.807) is 6.20 Å². The van der Waals surface area contributed by atoms with Crippen molar-refractivity contribution in [2.45, 2.75) is 18.8 Å². The molecule has 1 aliphatic rings. The lowest BCUT2D eigenvalue weighted by Crippen LogP contribution is -2.44. The summed E-state index contributed by atoms with van der Waals surface area (Å²) in [6.45, 7) is 0.863. The highest BCUT2D eigenvalue weighted by Crippen LogP contribution is 2.39. The van der Waals surface area contributed by atoms with Gasteiger partial charge in [-0.25, -0.2) is 4.98 Å². The standard InChI is InChI=1S/C15H20N4O3S2/c1-18(2)24(21,22)19-8-5-10(6-9-19)12-11-4-3-7-17-15(11)23-13(12)14(16)20/h3-4,7,10H,5-6,8-9H2,1-2H3,(H2,16,20). The number of pyridine rings is 1. The van der Waals surface area contributed by atoms with Crippen molar-refractivity contribution in [3.63, 3.8) is 0 Å². The molecule has 3 rings (SSSR count). The molecular weight excluding hydrogens is 348 g/mol. The SMILES string of the molecule is CN(C)S(=O)(=O)N1CCC(c2c(C(N)=O)sc3ncccc23)CC1. The van der Waals surface area contributed by atoms with E-state index in [1.807, 2.05) is 12.1 Å². The third kappa shape index (κ3) is 2.92. The first-order valence-corrected chi connectivity index (χ1v) is 9.88. The number of carbonyl (C=O) groups excluding carboxylic acids is 1. The van der Waals surface area contributed by atoms with Crippen LogP contribution >= 0.6 is 11.3 Å². The van der Waals surface area contributed by atoms with E-state index in [1.165, 1.54) is 34.0 Å². The molecule has 0 saturated carbocycles. The van der Waals surface area contributed by atoms with Gasteiger partial charge < -0.3 is 5.73 Å². The minimum absolute atomic E-state index is 0.110. The van der Waals surface area contributed by atoms with E-state index in [9.17, 15) is 13.2 Å². The molecule has 0 aliphatic carbocycles. The van der Waals surface area contributed by atoms with Gasteiger partial charge in [0.1, 0.15) is 4.83 Å². The first-order valence-electron chi connectivity index (χ1n) is 7.67. The summed E-state index contributed by atoms with van der Waals surface area (Å²) in [5.74, 6) is -0.338. The maximum Gasteiger partial charge on any atom is 0.281 e. The van der Waals surface area contributed by atoms with E-state index in [2.05, 4.69) is 4.98 Å². The first kappa shape index (κ1) is 17.3. The third-order valence-corrected chi connectivity index (χ3v) is 7.46. The number of amides is 1. The highest BCUT2D eigenvalue weighted by Gasteiger charge is 2.33. The normalized spacial score (nSPS) is 17.6. The fraction of sp³-hybridized carbons (Fsp3) is 0.467. The Bertz CT molecular complexity index is 868. The Labute approximate surface area is 145 Å². The summed E-state index contributed by atoms with van der Waals surface area (Å²) in [7, 11) is -0.331. The minimum atomic E-state index is -3.40. The van der Waals surface area contributed by atoms with Gasteiger partial charge in [-0.05, 0) is 30.4 Å². The maximum absolute atomic E-state index is 12.2. The molecule has 1 aliphatic heterocycles.